The van der Waals surface area contributed by atoms with Crippen LogP contribution in [-0.4, -0.2) is 25.3 Å². The molecule has 4 heterocycles. The van der Waals surface area contributed by atoms with Crippen LogP contribution >= 0.6 is 0 Å². The normalized spacial score (nSPS) is 10.7. The van der Waals surface area contributed by atoms with Crippen LogP contribution in [-0.2, 0) is 6.42 Å². The van der Waals surface area contributed by atoms with E-state index < -0.39 is 0 Å². The Balaban J connectivity index is 1.71. The van der Waals surface area contributed by atoms with E-state index in [4.69, 9.17) is 0 Å². The van der Waals surface area contributed by atoms with Crippen LogP contribution in [0.5, 0.6) is 0 Å². The number of hydrogen-bond donors (Lipinski definition) is 1. The maximum atomic E-state index is 12.7. The summed E-state index contributed by atoms with van der Waals surface area (Å²) >= 11 is 0. The minimum Gasteiger partial charge on any atom is -0.305 e. The van der Waals surface area contributed by atoms with Gasteiger partial charge in [0.25, 0.3) is 5.91 Å². The van der Waals surface area contributed by atoms with E-state index >= 15 is 0 Å². The molecule has 0 aromatic carbocycles. The molecule has 0 saturated carbocycles. The molecule has 1 N–H and O–H groups in total. The van der Waals surface area contributed by atoms with E-state index in [0.717, 1.165) is 16.9 Å². The molecule has 6 heteroatoms. The highest BCUT2D eigenvalue weighted by atomic mass is 16.2. The lowest BCUT2D eigenvalue weighted by atomic mass is 10.2. The Bertz CT molecular complexity index is 1010. The second kappa shape index (κ2) is 6.52. The molecule has 0 bridgehead atoms. The van der Waals surface area contributed by atoms with Crippen molar-refractivity contribution >= 4 is 17.2 Å². The van der Waals surface area contributed by atoms with Gasteiger partial charge in [0.2, 0.25) is 0 Å². The van der Waals surface area contributed by atoms with Crippen molar-refractivity contribution in [3.63, 3.8) is 0 Å². The van der Waals surface area contributed by atoms with Crippen molar-refractivity contribution in [1.82, 2.24) is 19.4 Å². The highest BCUT2D eigenvalue weighted by Gasteiger charge is 2.17. The summed E-state index contributed by atoms with van der Waals surface area (Å²) in [5, 5.41) is 2.79. The van der Waals surface area contributed by atoms with Crippen LogP contribution in [0, 0.1) is 0 Å². The second-order valence-electron chi connectivity index (χ2n) is 5.53. The number of rotatable bonds is 4. The number of anilines is 1. The fourth-order valence-corrected chi connectivity index (χ4v) is 2.69. The predicted molar refractivity (Wildman–Crippen MR) is 94.4 cm³/mol. The maximum Gasteiger partial charge on any atom is 0.277 e. The highest BCUT2D eigenvalue weighted by Crippen LogP contribution is 2.17. The molecule has 25 heavy (non-hydrogen) atoms. The molecule has 6 nitrogen and oxygen atoms in total. The van der Waals surface area contributed by atoms with Gasteiger partial charge in [0.05, 0.1) is 5.52 Å². The largest absolute Gasteiger partial charge is 0.305 e. The summed E-state index contributed by atoms with van der Waals surface area (Å²) < 4.78 is 1.94. The number of imidazole rings is 1. The minimum absolute atomic E-state index is 0.275. The third kappa shape index (κ3) is 3.10. The fourth-order valence-electron chi connectivity index (χ4n) is 2.69. The zero-order valence-corrected chi connectivity index (χ0v) is 13.3. The van der Waals surface area contributed by atoms with Crippen molar-refractivity contribution in [3.8, 4) is 0 Å². The molecule has 0 spiro atoms. The average Bonchev–Trinajstić information content (AvgIpc) is 3.02. The summed E-state index contributed by atoms with van der Waals surface area (Å²) in [5.74, 6) is 1.02. The molecule has 4 rings (SSSR count). The van der Waals surface area contributed by atoms with E-state index in [0.29, 0.717) is 17.9 Å². The Labute approximate surface area is 144 Å². The van der Waals surface area contributed by atoms with Gasteiger partial charge in [0.1, 0.15) is 11.6 Å². The van der Waals surface area contributed by atoms with Crippen molar-refractivity contribution in [2.75, 3.05) is 5.32 Å². The summed E-state index contributed by atoms with van der Waals surface area (Å²) in [6, 6.07) is 15.0. The Morgan fingerprint density at radius 2 is 1.84 bits per heavy atom. The number of fused-ring (bicyclic) bond motifs is 1. The number of pyridine rings is 3. The van der Waals surface area contributed by atoms with E-state index in [9.17, 15) is 4.79 Å². The van der Waals surface area contributed by atoms with Crippen LogP contribution in [0.1, 0.15) is 21.9 Å². The monoisotopic (exact) mass is 329 g/mol. The average molecular weight is 329 g/mol. The van der Waals surface area contributed by atoms with Gasteiger partial charge in [-0.25, -0.2) is 9.97 Å². The van der Waals surface area contributed by atoms with Crippen LogP contribution in [0.25, 0.3) is 5.52 Å². The van der Waals surface area contributed by atoms with Crippen molar-refractivity contribution in [1.29, 1.82) is 0 Å². The number of carbonyl (C=O) groups excluding carboxylic acids is 1. The number of carbonyl (C=O) groups is 1. The zero-order valence-electron chi connectivity index (χ0n) is 13.3. The number of amides is 1. The van der Waals surface area contributed by atoms with Crippen molar-refractivity contribution in [3.05, 3.63) is 90.4 Å². The van der Waals surface area contributed by atoms with Gasteiger partial charge >= 0.3 is 0 Å². The molecule has 122 valence electrons. The van der Waals surface area contributed by atoms with Crippen LogP contribution in [0.3, 0.4) is 0 Å². The van der Waals surface area contributed by atoms with Crippen LogP contribution in [0.2, 0.25) is 0 Å². The molecular weight excluding hydrogens is 314 g/mol. The van der Waals surface area contributed by atoms with Gasteiger partial charge in [-0.2, -0.15) is 0 Å². The molecular formula is C19H15N5O. The number of hydrogen-bond acceptors (Lipinski definition) is 4. The maximum absolute atomic E-state index is 12.7. The van der Waals surface area contributed by atoms with Crippen LogP contribution in [0.15, 0.2) is 73.3 Å². The third-order valence-corrected chi connectivity index (χ3v) is 3.85. The first-order chi connectivity index (χ1) is 12.3. The fraction of sp³-hybridized carbons (Fsp3) is 0.0526. The lowest BCUT2D eigenvalue weighted by Crippen LogP contribution is -2.13. The number of nitrogens with zero attached hydrogens (tertiary/aromatic N) is 4. The zero-order chi connectivity index (χ0) is 17.1. The Morgan fingerprint density at radius 1 is 1.00 bits per heavy atom. The Hall–Kier alpha value is -3.54. The first kappa shape index (κ1) is 15.0. The van der Waals surface area contributed by atoms with Gasteiger partial charge in [0, 0.05) is 31.2 Å². The summed E-state index contributed by atoms with van der Waals surface area (Å²) in [6.07, 6.45) is 7.66. The van der Waals surface area contributed by atoms with Crippen molar-refractivity contribution in [2.24, 2.45) is 0 Å². The Morgan fingerprint density at radius 3 is 2.64 bits per heavy atom. The van der Waals surface area contributed by atoms with E-state index in [-0.39, 0.29) is 5.91 Å². The number of nitrogens with one attached hydrogen (secondary N) is 1. The quantitative estimate of drug-likeness (QED) is 0.625. The molecule has 4 aromatic heterocycles. The van der Waals surface area contributed by atoms with Crippen LogP contribution < -0.4 is 5.32 Å². The topological polar surface area (TPSA) is 72.2 Å². The molecule has 0 aliphatic rings. The van der Waals surface area contributed by atoms with Gasteiger partial charge in [0.15, 0.2) is 5.69 Å². The van der Waals surface area contributed by atoms with E-state index in [1.54, 1.807) is 30.7 Å². The third-order valence-electron chi connectivity index (χ3n) is 3.85. The molecule has 0 fully saturated rings. The molecule has 0 aliphatic heterocycles. The highest BCUT2D eigenvalue weighted by molar-refractivity contribution is 6.07. The molecule has 0 radical (unpaired) electrons. The SMILES string of the molecule is O=C(Nc1ccccn1)c1nc(Cc2ccncc2)n2ccccc12. The van der Waals surface area contributed by atoms with Crippen molar-refractivity contribution in [2.45, 2.75) is 6.42 Å². The van der Waals surface area contributed by atoms with Crippen LogP contribution in [0.4, 0.5) is 5.82 Å². The van der Waals surface area contributed by atoms with Gasteiger partial charge in [-0.1, -0.05) is 12.1 Å². The van der Waals surface area contributed by atoms with Gasteiger partial charge in [-0.05, 0) is 42.0 Å². The molecule has 4 aromatic rings. The number of aromatic nitrogens is 4. The summed E-state index contributed by atoms with van der Waals surface area (Å²) in [7, 11) is 0. The first-order valence-electron chi connectivity index (χ1n) is 7.88. The minimum atomic E-state index is -0.275. The molecule has 0 atom stereocenters. The molecule has 0 unspecified atom stereocenters. The summed E-state index contributed by atoms with van der Waals surface area (Å²) in [6.45, 7) is 0. The molecule has 1 amide bonds. The Kier molecular flexibility index (Phi) is 3.92. The van der Waals surface area contributed by atoms with E-state index in [1.165, 1.54) is 0 Å². The second-order valence-corrected chi connectivity index (χ2v) is 5.53. The van der Waals surface area contributed by atoms with Gasteiger partial charge < -0.3 is 9.72 Å². The smallest absolute Gasteiger partial charge is 0.277 e. The van der Waals surface area contributed by atoms with Gasteiger partial charge in [-0.3, -0.25) is 9.78 Å². The molecule has 0 aliphatic carbocycles. The van der Waals surface area contributed by atoms with E-state index in [2.05, 4.69) is 20.3 Å². The predicted octanol–water partition coefficient (Wildman–Crippen LogP) is 2.97. The van der Waals surface area contributed by atoms with Gasteiger partial charge in [-0.15, -0.1) is 0 Å². The summed E-state index contributed by atoms with van der Waals surface area (Å²) in [5.41, 5.74) is 2.23. The summed E-state index contributed by atoms with van der Waals surface area (Å²) in [4.78, 5) is 25.4. The van der Waals surface area contributed by atoms with E-state index in [1.807, 2.05) is 47.0 Å². The standard InChI is InChI=1S/C19H15N5O/c25-19(22-16-6-1-3-9-21-16)18-15-5-2-4-12-24(15)17(23-18)13-14-7-10-20-11-8-14/h1-12H,13H2,(H,21,22,25). The lowest BCUT2D eigenvalue weighted by molar-refractivity contribution is 0.102. The molecule has 0 saturated heterocycles. The first-order valence-corrected chi connectivity index (χ1v) is 7.88. The van der Waals surface area contributed by atoms with Crippen molar-refractivity contribution < 1.29 is 4.79 Å². The lowest BCUT2D eigenvalue weighted by Gasteiger charge is -2.02.